The molecule has 1 aromatic carbocycles. The number of benzene rings is 1. The summed E-state index contributed by atoms with van der Waals surface area (Å²) in [6.07, 6.45) is 3.24. The van der Waals surface area contributed by atoms with Crippen molar-refractivity contribution in [3.8, 4) is 0 Å². The van der Waals surface area contributed by atoms with Crippen LogP contribution in [0.5, 0.6) is 0 Å². The third-order valence-electron chi connectivity index (χ3n) is 5.27. The van der Waals surface area contributed by atoms with Crippen LogP contribution < -0.4 is 10.2 Å². The van der Waals surface area contributed by atoms with Crippen LogP contribution in [0.1, 0.15) is 45.6 Å². The maximum absolute atomic E-state index is 12.8. The van der Waals surface area contributed by atoms with Crippen LogP contribution in [-0.2, 0) is 16.0 Å². The van der Waals surface area contributed by atoms with E-state index in [0.717, 1.165) is 35.4 Å². The minimum atomic E-state index is -0.915. The van der Waals surface area contributed by atoms with Crippen molar-refractivity contribution in [2.24, 2.45) is 5.92 Å². The van der Waals surface area contributed by atoms with Gasteiger partial charge < -0.3 is 10.2 Å². The van der Waals surface area contributed by atoms with E-state index in [1.807, 2.05) is 24.3 Å². The third-order valence-corrected chi connectivity index (χ3v) is 5.27. The lowest BCUT2D eigenvalue weighted by Gasteiger charge is -2.30. The fourth-order valence-electron chi connectivity index (χ4n) is 3.65. The quantitative estimate of drug-likeness (QED) is 0.824. The molecule has 0 aliphatic carbocycles. The van der Waals surface area contributed by atoms with Crippen molar-refractivity contribution in [1.82, 2.24) is 10.2 Å². The highest BCUT2D eigenvalue weighted by Crippen LogP contribution is 2.28. The van der Waals surface area contributed by atoms with E-state index in [4.69, 9.17) is 0 Å². The zero-order valence-electron chi connectivity index (χ0n) is 15.7. The maximum Gasteiger partial charge on any atom is 0.325 e. The molecule has 1 aromatic rings. The highest BCUT2D eigenvalue weighted by molar-refractivity contribution is 6.10. The second-order valence-corrected chi connectivity index (χ2v) is 7.86. The fourth-order valence-corrected chi connectivity index (χ4v) is 3.65. The van der Waals surface area contributed by atoms with Gasteiger partial charge in [-0.3, -0.25) is 14.5 Å². The lowest BCUT2D eigenvalue weighted by atomic mass is 9.92. The van der Waals surface area contributed by atoms with Gasteiger partial charge in [-0.05, 0) is 50.2 Å². The highest BCUT2D eigenvalue weighted by Gasteiger charge is 2.48. The van der Waals surface area contributed by atoms with E-state index < -0.39 is 11.6 Å². The number of nitrogens with one attached hydrogen (secondary N) is 1. The number of amides is 4. The van der Waals surface area contributed by atoms with Crippen molar-refractivity contribution in [2.75, 3.05) is 18.0 Å². The summed E-state index contributed by atoms with van der Waals surface area (Å²) < 4.78 is 0. The molecule has 0 unspecified atom stereocenters. The number of hydrogen-bond donors (Lipinski definition) is 1. The minimum absolute atomic E-state index is 0.212. The Morgan fingerprint density at radius 2 is 2.00 bits per heavy atom. The number of anilines is 1. The van der Waals surface area contributed by atoms with Crippen molar-refractivity contribution in [3.05, 3.63) is 29.8 Å². The molecule has 0 radical (unpaired) electrons. The fraction of sp³-hybridized carbons (Fsp3) is 0.550. The van der Waals surface area contributed by atoms with Crippen molar-refractivity contribution in [1.29, 1.82) is 0 Å². The lowest BCUT2D eigenvalue weighted by Crippen LogP contribution is -2.47. The van der Waals surface area contributed by atoms with Crippen LogP contribution in [0.2, 0.25) is 0 Å². The molecule has 0 aromatic heterocycles. The Kier molecular flexibility index (Phi) is 5.03. The Balaban J connectivity index is 1.72. The maximum atomic E-state index is 12.8. The molecule has 2 aliphatic heterocycles. The zero-order chi connectivity index (χ0) is 18.9. The van der Waals surface area contributed by atoms with Crippen LogP contribution in [-0.4, -0.2) is 41.4 Å². The van der Waals surface area contributed by atoms with Crippen LogP contribution in [0.15, 0.2) is 24.3 Å². The number of fused-ring (bicyclic) bond motifs is 1. The topological polar surface area (TPSA) is 69.7 Å². The molecule has 3 rings (SSSR count). The van der Waals surface area contributed by atoms with E-state index >= 15 is 0 Å². The van der Waals surface area contributed by atoms with Crippen molar-refractivity contribution >= 4 is 23.5 Å². The van der Waals surface area contributed by atoms with Gasteiger partial charge in [0.2, 0.25) is 5.91 Å². The Morgan fingerprint density at radius 3 is 2.73 bits per heavy atom. The largest absolute Gasteiger partial charge is 0.325 e. The number of nitrogens with zero attached hydrogens (tertiary/aromatic N) is 2. The molecular formula is C20H27N3O3. The second-order valence-electron chi connectivity index (χ2n) is 7.86. The second kappa shape index (κ2) is 7.09. The van der Waals surface area contributed by atoms with Gasteiger partial charge in [-0.1, -0.05) is 32.0 Å². The van der Waals surface area contributed by atoms with Crippen LogP contribution in [0, 0.1) is 5.92 Å². The molecule has 0 saturated carbocycles. The average Bonchev–Trinajstić information content (AvgIpc) is 2.83. The van der Waals surface area contributed by atoms with Crippen molar-refractivity contribution in [2.45, 2.75) is 52.0 Å². The van der Waals surface area contributed by atoms with Gasteiger partial charge in [0.25, 0.3) is 5.91 Å². The molecule has 6 nitrogen and oxygen atoms in total. The summed E-state index contributed by atoms with van der Waals surface area (Å²) in [7, 11) is 0. The van der Waals surface area contributed by atoms with Gasteiger partial charge >= 0.3 is 6.03 Å². The first-order valence-corrected chi connectivity index (χ1v) is 9.34. The number of para-hydroxylation sites is 1. The highest BCUT2D eigenvalue weighted by atomic mass is 16.2. The molecular weight excluding hydrogens is 330 g/mol. The standard InChI is InChI=1S/C20H27N3O3/c1-14(2)10-11-20(3)18(25)23(19(26)21-20)13-17(24)22-12-6-8-15-7-4-5-9-16(15)22/h4-5,7,9,14H,6,8,10-13H2,1-3H3,(H,21,26)/t20-/m1/s1. The number of aryl methyl sites for hydroxylation is 1. The van der Waals surface area contributed by atoms with E-state index in [1.165, 1.54) is 0 Å². The van der Waals surface area contributed by atoms with E-state index in [1.54, 1.807) is 11.8 Å². The first-order chi connectivity index (χ1) is 12.3. The van der Waals surface area contributed by atoms with Gasteiger partial charge in [-0.2, -0.15) is 0 Å². The molecule has 6 heteroatoms. The molecule has 0 bridgehead atoms. The summed E-state index contributed by atoms with van der Waals surface area (Å²) in [5.41, 5.74) is 1.10. The molecule has 1 N–H and O–H groups in total. The summed E-state index contributed by atoms with van der Waals surface area (Å²) in [6.45, 7) is 6.32. The monoisotopic (exact) mass is 357 g/mol. The Morgan fingerprint density at radius 1 is 1.27 bits per heavy atom. The summed E-state index contributed by atoms with van der Waals surface area (Å²) in [4.78, 5) is 40.7. The smallest absolute Gasteiger partial charge is 0.323 e. The molecule has 1 atom stereocenters. The predicted molar refractivity (Wildman–Crippen MR) is 99.8 cm³/mol. The molecule has 1 fully saturated rings. The predicted octanol–water partition coefficient (Wildman–Crippen LogP) is 2.71. The molecule has 0 spiro atoms. The summed E-state index contributed by atoms with van der Waals surface area (Å²) >= 11 is 0. The first-order valence-electron chi connectivity index (χ1n) is 9.34. The Hall–Kier alpha value is -2.37. The Labute approximate surface area is 154 Å². The van der Waals surface area contributed by atoms with E-state index in [2.05, 4.69) is 19.2 Å². The number of rotatable bonds is 5. The molecule has 1 saturated heterocycles. The molecule has 4 amide bonds. The van der Waals surface area contributed by atoms with Gasteiger partial charge in [0.15, 0.2) is 0 Å². The minimum Gasteiger partial charge on any atom is -0.323 e. The van der Waals surface area contributed by atoms with Gasteiger partial charge in [0.05, 0.1) is 0 Å². The number of carbonyl (C=O) groups excluding carboxylic acids is 3. The molecule has 2 aliphatic rings. The number of imide groups is 1. The van der Waals surface area contributed by atoms with Gasteiger partial charge in [-0.15, -0.1) is 0 Å². The van der Waals surface area contributed by atoms with E-state index in [9.17, 15) is 14.4 Å². The Bertz CT molecular complexity index is 731. The van der Waals surface area contributed by atoms with Gasteiger partial charge in [-0.25, -0.2) is 4.79 Å². The van der Waals surface area contributed by atoms with Crippen LogP contribution >= 0.6 is 0 Å². The van der Waals surface area contributed by atoms with Gasteiger partial charge in [0.1, 0.15) is 12.1 Å². The molecule has 2 heterocycles. The molecule has 140 valence electrons. The zero-order valence-corrected chi connectivity index (χ0v) is 15.7. The first kappa shape index (κ1) is 18.4. The van der Waals surface area contributed by atoms with Crippen LogP contribution in [0.25, 0.3) is 0 Å². The SMILES string of the molecule is CC(C)CC[C@@]1(C)NC(=O)N(CC(=O)N2CCCc3ccccc32)C1=O. The lowest BCUT2D eigenvalue weighted by molar-refractivity contribution is -0.134. The summed E-state index contributed by atoms with van der Waals surface area (Å²) in [6, 6.07) is 7.34. The number of hydrogen-bond acceptors (Lipinski definition) is 3. The normalized spacial score (nSPS) is 22.6. The summed E-state index contributed by atoms with van der Waals surface area (Å²) in [5, 5.41) is 2.78. The van der Waals surface area contributed by atoms with Gasteiger partial charge in [0, 0.05) is 12.2 Å². The third kappa shape index (κ3) is 3.45. The number of urea groups is 1. The van der Waals surface area contributed by atoms with Crippen molar-refractivity contribution in [3.63, 3.8) is 0 Å². The number of carbonyl (C=O) groups is 3. The van der Waals surface area contributed by atoms with Crippen LogP contribution in [0.4, 0.5) is 10.5 Å². The van der Waals surface area contributed by atoms with E-state index in [0.29, 0.717) is 18.9 Å². The van der Waals surface area contributed by atoms with Crippen LogP contribution in [0.3, 0.4) is 0 Å². The van der Waals surface area contributed by atoms with E-state index in [-0.39, 0.29) is 18.4 Å². The van der Waals surface area contributed by atoms with Crippen molar-refractivity contribution < 1.29 is 14.4 Å². The summed E-state index contributed by atoms with van der Waals surface area (Å²) in [5.74, 6) is -0.0763. The average molecular weight is 357 g/mol. The molecule has 26 heavy (non-hydrogen) atoms.